The number of nitrogens with two attached hydrogens (primary N) is 1. The van der Waals surface area contributed by atoms with Crippen LogP contribution in [0.25, 0.3) is 10.9 Å². The summed E-state index contributed by atoms with van der Waals surface area (Å²) in [7, 11) is 0. The average Bonchev–Trinajstić information content (AvgIpc) is 3.37. The number of H-pyrrole nitrogens is 1. The Morgan fingerprint density at radius 3 is 2.14 bits per heavy atom. The topological polar surface area (TPSA) is 224 Å². The number of thioether (sulfide) groups is 1. The Labute approximate surface area is 251 Å². The quantitative estimate of drug-likeness (QED) is 0.113. The van der Waals surface area contributed by atoms with E-state index < -0.39 is 60.2 Å². The van der Waals surface area contributed by atoms with Crippen LogP contribution in [0.1, 0.15) is 24.0 Å². The summed E-state index contributed by atoms with van der Waals surface area (Å²) in [5.74, 6) is -4.73. The van der Waals surface area contributed by atoms with Gasteiger partial charge in [-0.2, -0.15) is 11.8 Å². The van der Waals surface area contributed by atoms with E-state index in [4.69, 9.17) is 10.8 Å². The van der Waals surface area contributed by atoms with E-state index in [1.54, 1.807) is 6.20 Å². The summed E-state index contributed by atoms with van der Waals surface area (Å²) in [4.78, 5) is 65.5. The van der Waals surface area contributed by atoms with Gasteiger partial charge in [-0.15, -0.1) is 0 Å². The minimum atomic E-state index is -1.74. The van der Waals surface area contributed by atoms with Crippen LogP contribution in [0.5, 0.6) is 5.75 Å². The first-order valence-electron chi connectivity index (χ1n) is 13.4. The first-order valence-corrected chi connectivity index (χ1v) is 14.8. The Morgan fingerprint density at radius 1 is 0.860 bits per heavy atom. The molecule has 0 saturated carbocycles. The van der Waals surface area contributed by atoms with Gasteiger partial charge >= 0.3 is 11.9 Å². The highest BCUT2D eigenvalue weighted by Gasteiger charge is 2.31. The fourth-order valence-corrected chi connectivity index (χ4v) is 4.88. The van der Waals surface area contributed by atoms with Crippen LogP contribution in [0.4, 0.5) is 0 Å². The van der Waals surface area contributed by atoms with Crippen LogP contribution in [-0.4, -0.2) is 86.1 Å². The largest absolute Gasteiger partial charge is 0.508 e. The van der Waals surface area contributed by atoms with Gasteiger partial charge in [0.25, 0.3) is 0 Å². The smallest absolute Gasteiger partial charge is 0.326 e. The van der Waals surface area contributed by atoms with Crippen molar-refractivity contribution in [2.45, 2.75) is 49.9 Å². The van der Waals surface area contributed by atoms with Crippen LogP contribution in [0.3, 0.4) is 0 Å². The molecule has 0 aliphatic heterocycles. The number of nitrogens with one attached hydrogen (secondary N) is 4. The van der Waals surface area contributed by atoms with Gasteiger partial charge < -0.3 is 42.0 Å². The second-order valence-electron chi connectivity index (χ2n) is 9.94. The van der Waals surface area contributed by atoms with Gasteiger partial charge in [-0.3, -0.25) is 19.2 Å². The van der Waals surface area contributed by atoms with Crippen LogP contribution in [0.15, 0.2) is 54.7 Å². The summed E-state index contributed by atoms with van der Waals surface area (Å²) in [6.07, 6.45) is 3.04. The van der Waals surface area contributed by atoms with E-state index in [2.05, 4.69) is 20.9 Å². The van der Waals surface area contributed by atoms with Crippen LogP contribution in [0, 0.1) is 0 Å². The van der Waals surface area contributed by atoms with Gasteiger partial charge in [-0.25, -0.2) is 4.79 Å². The number of para-hydroxylation sites is 1. The summed E-state index contributed by atoms with van der Waals surface area (Å²) in [5, 5.41) is 36.4. The molecule has 0 bridgehead atoms. The zero-order chi connectivity index (χ0) is 31.5. The lowest BCUT2D eigenvalue weighted by Gasteiger charge is -2.25. The lowest BCUT2D eigenvalue weighted by atomic mass is 10.0. The Bertz CT molecular complexity index is 1440. The molecule has 0 aliphatic carbocycles. The highest BCUT2D eigenvalue weighted by molar-refractivity contribution is 7.98. The number of amides is 3. The molecule has 0 radical (unpaired) electrons. The Kier molecular flexibility index (Phi) is 12.0. The number of hydrogen-bond donors (Lipinski definition) is 8. The number of carboxylic acids is 2. The minimum absolute atomic E-state index is 0.0231. The molecule has 0 fully saturated rings. The van der Waals surface area contributed by atoms with E-state index >= 15 is 0 Å². The van der Waals surface area contributed by atoms with Crippen molar-refractivity contribution in [1.82, 2.24) is 20.9 Å². The molecule has 4 atom stereocenters. The van der Waals surface area contributed by atoms with Gasteiger partial charge in [0.15, 0.2) is 0 Å². The van der Waals surface area contributed by atoms with Crippen molar-refractivity contribution in [2.24, 2.45) is 5.73 Å². The third kappa shape index (κ3) is 9.75. The zero-order valence-electron chi connectivity index (χ0n) is 23.4. The van der Waals surface area contributed by atoms with Gasteiger partial charge in [0.2, 0.25) is 17.7 Å². The fraction of sp³-hybridized carbons (Fsp3) is 0.345. The molecule has 0 spiro atoms. The molecule has 230 valence electrons. The molecule has 4 unspecified atom stereocenters. The van der Waals surface area contributed by atoms with E-state index in [1.165, 1.54) is 36.0 Å². The number of rotatable bonds is 16. The standard InChI is InChI=1S/C29H35N5O8S/c1-43-11-10-22(32-26(38)20(30)13-17-15-31-21-5-3-2-4-19(17)21)27(39)33-23(12-16-6-8-18(35)9-7-16)28(40)34-24(29(41)42)14-25(36)37/h2-9,15,20,22-24,31,35H,10-14,30H2,1H3,(H,32,38)(H,33,39)(H,34,40)(H,36,37)(H,41,42). The summed E-state index contributed by atoms with van der Waals surface area (Å²) in [6.45, 7) is 0. The molecule has 2 aromatic carbocycles. The first-order chi connectivity index (χ1) is 20.5. The molecule has 9 N–H and O–H groups in total. The normalized spacial score (nSPS) is 13.8. The van der Waals surface area contributed by atoms with Crippen molar-refractivity contribution in [3.8, 4) is 5.75 Å². The number of carbonyl (C=O) groups is 5. The highest BCUT2D eigenvalue weighted by atomic mass is 32.2. The molecule has 1 aromatic heterocycles. The third-order valence-electron chi connectivity index (χ3n) is 6.70. The number of hydrogen-bond acceptors (Lipinski definition) is 8. The van der Waals surface area contributed by atoms with Gasteiger partial charge in [0.1, 0.15) is 23.9 Å². The van der Waals surface area contributed by atoms with Gasteiger partial charge in [0.05, 0.1) is 12.5 Å². The molecule has 0 aliphatic rings. The molecule has 3 amide bonds. The second kappa shape index (κ2) is 15.6. The van der Waals surface area contributed by atoms with Gasteiger partial charge in [-0.05, 0) is 54.2 Å². The molecule has 1 heterocycles. The van der Waals surface area contributed by atoms with E-state index in [-0.39, 0.29) is 25.0 Å². The lowest BCUT2D eigenvalue weighted by molar-refractivity contribution is -0.147. The zero-order valence-corrected chi connectivity index (χ0v) is 24.2. The summed E-state index contributed by atoms with van der Waals surface area (Å²) in [5.41, 5.74) is 8.47. The second-order valence-corrected chi connectivity index (χ2v) is 10.9. The number of aliphatic carboxylic acids is 2. The predicted molar refractivity (Wildman–Crippen MR) is 160 cm³/mol. The van der Waals surface area contributed by atoms with Crippen LogP contribution >= 0.6 is 11.8 Å². The Balaban J connectivity index is 1.76. The van der Waals surface area contributed by atoms with Crippen LogP contribution in [0.2, 0.25) is 0 Å². The van der Waals surface area contributed by atoms with Crippen molar-refractivity contribution in [3.63, 3.8) is 0 Å². The van der Waals surface area contributed by atoms with Crippen molar-refractivity contribution in [2.75, 3.05) is 12.0 Å². The molecule has 43 heavy (non-hydrogen) atoms. The van der Waals surface area contributed by atoms with Crippen molar-refractivity contribution in [3.05, 3.63) is 65.9 Å². The predicted octanol–water partition coefficient (Wildman–Crippen LogP) is 0.753. The van der Waals surface area contributed by atoms with E-state index in [0.717, 1.165) is 16.5 Å². The fourth-order valence-electron chi connectivity index (χ4n) is 4.41. The number of benzene rings is 2. The summed E-state index contributed by atoms with van der Waals surface area (Å²) in [6, 6.07) is 8.25. The minimum Gasteiger partial charge on any atom is -0.508 e. The summed E-state index contributed by atoms with van der Waals surface area (Å²) >= 11 is 1.44. The third-order valence-corrected chi connectivity index (χ3v) is 7.34. The molecular weight excluding hydrogens is 578 g/mol. The molecule has 13 nitrogen and oxygen atoms in total. The lowest BCUT2D eigenvalue weighted by Crippen LogP contribution is -2.58. The number of aromatic amines is 1. The van der Waals surface area contributed by atoms with Crippen molar-refractivity contribution in [1.29, 1.82) is 0 Å². The van der Waals surface area contributed by atoms with E-state index in [1.807, 2.05) is 30.5 Å². The number of fused-ring (bicyclic) bond motifs is 1. The summed E-state index contributed by atoms with van der Waals surface area (Å²) < 4.78 is 0. The maximum atomic E-state index is 13.4. The monoisotopic (exact) mass is 613 g/mol. The molecule has 3 rings (SSSR count). The number of carbonyl (C=O) groups excluding carboxylic acids is 3. The van der Waals surface area contributed by atoms with E-state index in [0.29, 0.717) is 11.3 Å². The number of aromatic nitrogens is 1. The van der Waals surface area contributed by atoms with Crippen LogP contribution < -0.4 is 21.7 Å². The van der Waals surface area contributed by atoms with Crippen LogP contribution in [-0.2, 0) is 36.8 Å². The van der Waals surface area contributed by atoms with Gasteiger partial charge in [0, 0.05) is 23.5 Å². The maximum absolute atomic E-state index is 13.4. The molecule has 3 aromatic rings. The molecular formula is C29H35N5O8S. The van der Waals surface area contributed by atoms with Crippen molar-refractivity contribution < 1.29 is 39.3 Å². The maximum Gasteiger partial charge on any atom is 0.326 e. The number of phenols is 1. The number of carboxylic acid groups (broad SMARTS) is 2. The van der Waals surface area contributed by atoms with E-state index in [9.17, 15) is 34.2 Å². The SMILES string of the molecule is CSCCC(NC(=O)C(N)Cc1c[nH]c2ccccc12)C(=O)NC(Cc1ccc(O)cc1)C(=O)NC(CC(=O)O)C(=O)O. The highest BCUT2D eigenvalue weighted by Crippen LogP contribution is 2.19. The Morgan fingerprint density at radius 2 is 1.49 bits per heavy atom. The first kappa shape index (κ1) is 32.9. The molecule has 14 heteroatoms. The van der Waals surface area contributed by atoms with Gasteiger partial charge in [-0.1, -0.05) is 30.3 Å². The number of aromatic hydroxyl groups is 1. The average molecular weight is 614 g/mol. The Hall–Kier alpha value is -4.56. The van der Waals surface area contributed by atoms with Crippen molar-refractivity contribution >= 4 is 52.3 Å². The molecule has 0 saturated heterocycles. The number of phenolic OH excluding ortho intramolecular Hbond substituents is 1.